The minimum Gasteiger partial charge on any atom is -0.429 e. The number of carbonyl (C=O) groups excluding carboxylic acids is 1. The molecule has 0 aliphatic heterocycles. The first-order valence-electron chi connectivity index (χ1n) is 3.42. The average Bonchev–Trinajstić information content (AvgIpc) is 2.22. The summed E-state index contributed by atoms with van der Waals surface area (Å²) in [5.41, 5.74) is -0.0340. The fourth-order valence-electron chi connectivity index (χ4n) is 0.702. The Labute approximate surface area is 84.9 Å². The van der Waals surface area contributed by atoms with Gasteiger partial charge >= 0.3 is 0 Å². The van der Waals surface area contributed by atoms with E-state index in [1.54, 1.807) is 0 Å². The number of nitro groups is 1. The van der Waals surface area contributed by atoms with Gasteiger partial charge in [0.25, 0.3) is 12.2 Å². The Hall–Kier alpha value is -2.03. The quantitative estimate of drug-likeness (QED) is 0.290. The van der Waals surface area contributed by atoms with Crippen molar-refractivity contribution in [3.05, 3.63) is 34.4 Å². The number of hydrogen-bond acceptors (Lipinski definition) is 6. The Kier molecular flexibility index (Phi) is 8.82. The van der Waals surface area contributed by atoms with Gasteiger partial charge in [0, 0.05) is 12.1 Å². The summed E-state index contributed by atoms with van der Waals surface area (Å²) in [7, 11) is 0. The van der Waals surface area contributed by atoms with Gasteiger partial charge < -0.3 is 10.2 Å². The predicted octanol–water partition coefficient (Wildman–Crippen LogP) is -0.876. The number of rotatable bonds is 3. The molecule has 0 unspecified atom stereocenters. The van der Waals surface area contributed by atoms with Crippen LogP contribution in [0.5, 0.6) is 5.75 Å². The Bertz CT molecular complexity index is 300. The van der Waals surface area contributed by atoms with Crippen LogP contribution >= 0.6 is 0 Å². The van der Waals surface area contributed by atoms with E-state index in [-0.39, 0.29) is 23.4 Å². The first-order valence-corrected chi connectivity index (χ1v) is 3.42. The van der Waals surface area contributed by atoms with E-state index in [9.17, 15) is 14.9 Å². The number of hydrazine groups is 1. The number of carbonyl (C=O) groups is 1. The molecule has 1 rings (SSSR count). The molecule has 0 bridgehead atoms. The number of nitro benzene ring substituents is 1. The van der Waals surface area contributed by atoms with Crippen LogP contribution in [-0.4, -0.2) is 16.9 Å². The summed E-state index contributed by atoms with van der Waals surface area (Å²) < 4.78 is 4.44. The lowest BCUT2D eigenvalue weighted by Gasteiger charge is -1.94. The van der Waals surface area contributed by atoms with Crippen molar-refractivity contribution in [2.24, 2.45) is 11.7 Å². The Morgan fingerprint density at radius 3 is 2.07 bits per heavy atom. The fraction of sp³-hybridized carbons (Fsp3) is 0. The zero-order valence-corrected chi connectivity index (χ0v) is 7.62. The molecule has 0 saturated heterocycles. The van der Waals surface area contributed by atoms with Gasteiger partial charge in [-0.3, -0.25) is 26.6 Å². The minimum atomic E-state index is -0.523. The Morgan fingerprint density at radius 2 is 1.73 bits per heavy atom. The van der Waals surface area contributed by atoms with Crippen LogP contribution in [-0.2, 0) is 4.79 Å². The van der Waals surface area contributed by atoms with Crippen molar-refractivity contribution in [3.63, 3.8) is 0 Å². The second-order valence-corrected chi connectivity index (χ2v) is 1.97. The lowest BCUT2D eigenvalue weighted by Crippen LogP contribution is -2.02. The molecule has 8 heteroatoms. The molecule has 6 N–H and O–H groups in total. The molecule has 1 aromatic carbocycles. The van der Waals surface area contributed by atoms with Crippen LogP contribution < -0.4 is 16.4 Å². The van der Waals surface area contributed by atoms with E-state index in [1.807, 2.05) is 0 Å². The molecular formula is C7H11N3O5. The largest absolute Gasteiger partial charge is 0.429 e. The van der Waals surface area contributed by atoms with E-state index in [0.717, 1.165) is 0 Å². The van der Waals surface area contributed by atoms with Crippen molar-refractivity contribution < 1.29 is 19.9 Å². The van der Waals surface area contributed by atoms with Crippen LogP contribution in [0.2, 0.25) is 0 Å². The van der Waals surface area contributed by atoms with Gasteiger partial charge in [-0.05, 0) is 12.1 Å². The first kappa shape index (κ1) is 15.4. The smallest absolute Gasteiger partial charge is 0.298 e. The summed E-state index contributed by atoms with van der Waals surface area (Å²) in [6.07, 6.45) is 0. The molecule has 0 aliphatic rings. The lowest BCUT2D eigenvalue weighted by molar-refractivity contribution is -0.384. The van der Waals surface area contributed by atoms with Crippen LogP contribution in [0.1, 0.15) is 0 Å². The van der Waals surface area contributed by atoms with Gasteiger partial charge in [0.1, 0.15) is 5.75 Å². The van der Waals surface area contributed by atoms with E-state index >= 15 is 0 Å². The minimum absolute atomic E-state index is 0. The molecule has 0 amide bonds. The average molecular weight is 217 g/mol. The molecule has 8 nitrogen and oxygen atoms in total. The lowest BCUT2D eigenvalue weighted by atomic mass is 10.3. The normalized spacial score (nSPS) is 7.60. The summed E-state index contributed by atoms with van der Waals surface area (Å²) >= 11 is 0. The molecule has 1 aromatic rings. The number of nitrogens with zero attached hydrogens (tertiary/aromatic N) is 1. The highest BCUT2D eigenvalue weighted by atomic mass is 16.6. The van der Waals surface area contributed by atoms with Crippen molar-refractivity contribution in [2.75, 3.05) is 0 Å². The van der Waals surface area contributed by atoms with E-state index in [4.69, 9.17) is 0 Å². The molecule has 84 valence electrons. The second kappa shape index (κ2) is 8.56. The molecule has 0 fully saturated rings. The standard InChI is InChI=1S/C7H5NO4.H4N2.H2O/c9-5-12-7-3-1-6(2-4-7)8(10)11;1-2;/h1-5H;1-2H2;1H2. The van der Waals surface area contributed by atoms with Gasteiger partial charge in [-0.1, -0.05) is 0 Å². The summed E-state index contributed by atoms with van der Waals surface area (Å²) in [4.78, 5) is 19.5. The molecule has 0 saturated carbocycles. The monoisotopic (exact) mass is 217 g/mol. The molecule has 0 spiro atoms. The third-order valence-corrected chi connectivity index (χ3v) is 1.23. The van der Waals surface area contributed by atoms with Crippen molar-refractivity contribution in [1.82, 2.24) is 0 Å². The molecule has 0 heterocycles. The van der Waals surface area contributed by atoms with Gasteiger partial charge in [-0.25, -0.2) is 0 Å². The summed E-state index contributed by atoms with van der Waals surface area (Å²) in [6, 6.07) is 5.23. The van der Waals surface area contributed by atoms with Gasteiger partial charge in [0.15, 0.2) is 0 Å². The van der Waals surface area contributed by atoms with Crippen LogP contribution in [0.3, 0.4) is 0 Å². The van der Waals surface area contributed by atoms with E-state index < -0.39 is 4.92 Å². The maximum atomic E-state index is 10.2. The SMILES string of the molecule is NN.O.O=COc1ccc([N+](=O)[O-])cc1. The van der Waals surface area contributed by atoms with Crippen molar-refractivity contribution in [3.8, 4) is 5.75 Å². The van der Waals surface area contributed by atoms with Crippen LogP contribution in [0.4, 0.5) is 5.69 Å². The summed E-state index contributed by atoms with van der Waals surface area (Å²) in [5.74, 6) is 8.29. The van der Waals surface area contributed by atoms with E-state index in [0.29, 0.717) is 0 Å². The third kappa shape index (κ3) is 5.31. The van der Waals surface area contributed by atoms with Gasteiger partial charge in [-0.2, -0.15) is 0 Å². The number of hydrogen-bond donors (Lipinski definition) is 2. The maximum Gasteiger partial charge on any atom is 0.298 e. The Balaban J connectivity index is 0. The number of ether oxygens (including phenoxy) is 1. The maximum absolute atomic E-state index is 10.2. The zero-order chi connectivity index (χ0) is 11.0. The first-order chi connectivity index (χ1) is 6.74. The number of nitrogens with two attached hydrogens (primary N) is 2. The molecular weight excluding hydrogens is 206 g/mol. The highest BCUT2D eigenvalue weighted by Crippen LogP contribution is 2.16. The summed E-state index contributed by atoms with van der Waals surface area (Å²) in [5, 5.41) is 10.2. The van der Waals surface area contributed by atoms with Crippen LogP contribution in [0, 0.1) is 10.1 Å². The van der Waals surface area contributed by atoms with Crippen molar-refractivity contribution in [1.29, 1.82) is 0 Å². The zero-order valence-electron chi connectivity index (χ0n) is 7.62. The molecule has 0 atom stereocenters. The molecule has 0 radical (unpaired) electrons. The molecule has 0 aromatic heterocycles. The number of benzene rings is 1. The van der Waals surface area contributed by atoms with E-state index in [1.165, 1.54) is 24.3 Å². The van der Waals surface area contributed by atoms with Gasteiger partial charge in [0.05, 0.1) is 4.92 Å². The third-order valence-electron chi connectivity index (χ3n) is 1.23. The van der Waals surface area contributed by atoms with Crippen LogP contribution in [0.25, 0.3) is 0 Å². The Morgan fingerprint density at radius 1 is 1.27 bits per heavy atom. The second-order valence-electron chi connectivity index (χ2n) is 1.97. The van der Waals surface area contributed by atoms with Crippen molar-refractivity contribution >= 4 is 12.2 Å². The predicted molar refractivity (Wildman–Crippen MR) is 51.8 cm³/mol. The number of non-ortho nitro benzene ring substituents is 1. The van der Waals surface area contributed by atoms with Gasteiger partial charge in [-0.15, -0.1) is 0 Å². The summed E-state index contributed by atoms with van der Waals surface area (Å²) in [6.45, 7) is 0.265. The topological polar surface area (TPSA) is 153 Å². The highest BCUT2D eigenvalue weighted by Gasteiger charge is 2.03. The van der Waals surface area contributed by atoms with Gasteiger partial charge in [0.2, 0.25) is 0 Å². The van der Waals surface area contributed by atoms with E-state index in [2.05, 4.69) is 16.4 Å². The highest BCUT2D eigenvalue weighted by molar-refractivity contribution is 5.46. The fourth-order valence-corrected chi connectivity index (χ4v) is 0.702. The molecule has 15 heavy (non-hydrogen) atoms. The van der Waals surface area contributed by atoms with Crippen molar-refractivity contribution in [2.45, 2.75) is 0 Å². The molecule has 0 aliphatic carbocycles. The van der Waals surface area contributed by atoms with Crippen LogP contribution in [0.15, 0.2) is 24.3 Å².